The highest BCUT2D eigenvalue weighted by Gasteiger charge is 2.52. The normalized spacial score (nSPS) is 21.8. The fourth-order valence-corrected chi connectivity index (χ4v) is 2.93. The molecule has 0 amide bonds. The van der Waals surface area contributed by atoms with E-state index in [1.807, 2.05) is 6.20 Å². The first-order valence-corrected chi connectivity index (χ1v) is 7.33. The largest absolute Gasteiger partial charge is 0.507 e. The maximum atomic E-state index is 6.02. The summed E-state index contributed by atoms with van der Waals surface area (Å²) in [5.41, 5.74) is -0.556. The van der Waals surface area contributed by atoms with Crippen LogP contribution in [0.15, 0.2) is 6.20 Å². The number of hydrogen-bond acceptors (Lipinski definition) is 4. The molecule has 1 aliphatic rings. The molecule has 1 saturated heterocycles. The number of hydrogen-bond donors (Lipinski definition) is 0. The topological polar surface area (TPSA) is 31.4 Å². The van der Waals surface area contributed by atoms with Gasteiger partial charge in [-0.05, 0) is 33.6 Å². The summed E-state index contributed by atoms with van der Waals surface area (Å²) in [6.45, 7) is 12.7. The van der Waals surface area contributed by atoms with Crippen molar-refractivity contribution in [1.29, 1.82) is 0 Å². The number of nitrogens with zero attached hydrogens (tertiary/aromatic N) is 1. The van der Waals surface area contributed by atoms with Gasteiger partial charge < -0.3 is 9.31 Å². The van der Waals surface area contributed by atoms with Crippen LogP contribution < -0.4 is 4.78 Å². The molecule has 3 nitrogen and oxygen atoms in total. The Labute approximate surface area is 114 Å². The van der Waals surface area contributed by atoms with Crippen molar-refractivity contribution in [3.8, 4) is 0 Å². The third kappa shape index (κ3) is 2.63. The van der Waals surface area contributed by atoms with Crippen LogP contribution in [0.25, 0.3) is 0 Å². The second kappa shape index (κ2) is 4.62. The molecule has 0 spiro atoms. The van der Waals surface area contributed by atoms with E-state index in [4.69, 9.17) is 9.31 Å². The molecule has 18 heavy (non-hydrogen) atoms. The van der Waals surface area contributed by atoms with Gasteiger partial charge in [0.15, 0.2) is 0 Å². The van der Waals surface area contributed by atoms with Gasteiger partial charge in [-0.15, -0.1) is 11.3 Å². The van der Waals surface area contributed by atoms with E-state index in [0.717, 1.165) is 16.2 Å². The van der Waals surface area contributed by atoms with Gasteiger partial charge in [0.25, 0.3) is 0 Å². The molecular weight excluding hydrogens is 245 g/mol. The highest BCUT2D eigenvalue weighted by molar-refractivity contribution is 7.22. The Balaban J connectivity index is 2.12. The Morgan fingerprint density at radius 3 is 2.28 bits per heavy atom. The van der Waals surface area contributed by atoms with Crippen molar-refractivity contribution in [3.63, 3.8) is 0 Å². The molecule has 1 aromatic heterocycles. The number of aromatic nitrogens is 1. The van der Waals surface area contributed by atoms with Crippen LogP contribution in [-0.2, 0) is 15.7 Å². The van der Waals surface area contributed by atoms with Crippen molar-refractivity contribution < 1.29 is 9.31 Å². The molecule has 0 aromatic carbocycles. The van der Waals surface area contributed by atoms with Gasteiger partial charge in [-0.25, -0.2) is 0 Å². The summed E-state index contributed by atoms with van der Waals surface area (Å²) in [7, 11) is -0.270. The van der Waals surface area contributed by atoms with Gasteiger partial charge in [0, 0.05) is 12.6 Å². The van der Waals surface area contributed by atoms with Crippen molar-refractivity contribution in [2.24, 2.45) is 5.92 Å². The SMILES string of the molecule is CC(C)Cc1ncc(B2OC(C)(C)C(C)(C)O2)s1. The summed E-state index contributed by atoms with van der Waals surface area (Å²) in [5.74, 6) is 0.627. The quantitative estimate of drug-likeness (QED) is 0.789. The van der Waals surface area contributed by atoms with E-state index in [-0.39, 0.29) is 18.3 Å². The zero-order valence-corrected chi connectivity index (χ0v) is 12.9. The third-order valence-corrected chi connectivity index (χ3v) is 4.68. The predicted octanol–water partition coefficient (Wildman–Crippen LogP) is 2.64. The van der Waals surface area contributed by atoms with Crippen LogP contribution in [-0.4, -0.2) is 23.3 Å². The molecule has 1 fully saturated rings. The van der Waals surface area contributed by atoms with Crippen molar-refractivity contribution in [3.05, 3.63) is 11.2 Å². The van der Waals surface area contributed by atoms with Gasteiger partial charge in [-0.3, -0.25) is 4.98 Å². The van der Waals surface area contributed by atoms with Gasteiger partial charge in [-0.2, -0.15) is 0 Å². The monoisotopic (exact) mass is 267 g/mol. The maximum Gasteiger partial charge on any atom is 0.507 e. The highest BCUT2D eigenvalue weighted by atomic mass is 32.1. The standard InChI is InChI=1S/C13H22BNO2S/c1-9(2)7-11-15-8-10(18-11)14-16-12(3,4)13(5,6)17-14/h8-9H,7H2,1-6H3. The van der Waals surface area contributed by atoms with Gasteiger partial charge in [0.1, 0.15) is 0 Å². The molecule has 100 valence electrons. The fourth-order valence-electron chi connectivity index (χ4n) is 1.84. The zero-order valence-electron chi connectivity index (χ0n) is 12.1. The van der Waals surface area contributed by atoms with E-state index in [9.17, 15) is 0 Å². The molecule has 0 bridgehead atoms. The Hall–Kier alpha value is -0.385. The molecule has 2 rings (SSSR count). The van der Waals surface area contributed by atoms with Gasteiger partial charge in [0.05, 0.1) is 21.0 Å². The second-order valence-electron chi connectivity index (χ2n) is 6.34. The first kappa shape index (κ1) is 14.0. The molecule has 5 heteroatoms. The first-order valence-electron chi connectivity index (χ1n) is 6.51. The minimum atomic E-state index is -0.278. The van der Waals surface area contributed by atoms with Gasteiger partial charge in [-0.1, -0.05) is 13.8 Å². The Bertz CT molecular complexity index is 412. The molecule has 1 aromatic rings. The molecule has 0 aliphatic carbocycles. The Morgan fingerprint density at radius 2 is 1.78 bits per heavy atom. The first-order chi connectivity index (χ1) is 8.21. The molecule has 2 heterocycles. The lowest BCUT2D eigenvalue weighted by Gasteiger charge is -2.32. The minimum absolute atomic E-state index is 0.270. The third-order valence-electron chi connectivity index (χ3n) is 3.64. The van der Waals surface area contributed by atoms with E-state index in [0.29, 0.717) is 5.92 Å². The summed E-state index contributed by atoms with van der Waals surface area (Å²) in [4.78, 5) is 4.45. The summed E-state index contributed by atoms with van der Waals surface area (Å²) >= 11 is 1.70. The molecule has 0 saturated carbocycles. The zero-order chi connectivity index (χ0) is 13.6. The number of thiazole rings is 1. The lowest BCUT2D eigenvalue weighted by molar-refractivity contribution is 0.00578. The van der Waals surface area contributed by atoms with Crippen LogP contribution in [0, 0.1) is 5.92 Å². The summed E-state index contributed by atoms with van der Waals surface area (Å²) in [5, 5.41) is 1.16. The van der Waals surface area contributed by atoms with Crippen LogP contribution >= 0.6 is 11.3 Å². The number of rotatable bonds is 3. The van der Waals surface area contributed by atoms with Crippen LogP contribution in [0.4, 0.5) is 0 Å². The molecule has 1 aliphatic heterocycles. The van der Waals surface area contributed by atoms with Crippen LogP contribution in [0.2, 0.25) is 0 Å². The summed E-state index contributed by atoms with van der Waals surface area (Å²) < 4.78 is 13.1. The Kier molecular flexibility index (Phi) is 3.60. The summed E-state index contributed by atoms with van der Waals surface area (Å²) in [6.07, 6.45) is 2.91. The van der Waals surface area contributed by atoms with E-state index < -0.39 is 0 Å². The molecule has 0 atom stereocenters. The molecule has 0 radical (unpaired) electrons. The van der Waals surface area contributed by atoms with Crippen molar-refractivity contribution >= 4 is 23.2 Å². The average Bonchev–Trinajstić information content (AvgIpc) is 2.70. The van der Waals surface area contributed by atoms with Crippen molar-refractivity contribution in [2.45, 2.75) is 59.2 Å². The van der Waals surface area contributed by atoms with Crippen LogP contribution in [0.1, 0.15) is 46.6 Å². The van der Waals surface area contributed by atoms with Gasteiger partial charge in [0.2, 0.25) is 0 Å². The highest BCUT2D eigenvalue weighted by Crippen LogP contribution is 2.36. The van der Waals surface area contributed by atoms with Crippen molar-refractivity contribution in [1.82, 2.24) is 4.98 Å². The molecular formula is C13H22BNO2S. The lowest BCUT2D eigenvalue weighted by atomic mass is 9.89. The maximum absolute atomic E-state index is 6.02. The smallest absolute Gasteiger partial charge is 0.399 e. The predicted molar refractivity (Wildman–Crippen MR) is 76.4 cm³/mol. The minimum Gasteiger partial charge on any atom is -0.399 e. The van der Waals surface area contributed by atoms with E-state index in [1.54, 1.807) is 11.3 Å². The van der Waals surface area contributed by atoms with Gasteiger partial charge >= 0.3 is 7.12 Å². The van der Waals surface area contributed by atoms with Crippen LogP contribution in [0.5, 0.6) is 0 Å². The second-order valence-corrected chi connectivity index (χ2v) is 7.49. The average molecular weight is 267 g/mol. The lowest BCUT2D eigenvalue weighted by Crippen LogP contribution is -2.41. The fraction of sp³-hybridized carbons (Fsp3) is 0.769. The van der Waals surface area contributed by atoms with E-state index in [2.05, 4.69) is 46.5 Å². The van der Waals surface area contributed by atoms with E-state index >= 15 is 0 Å². The summed E-state index contributed by atoms with van der Waals surface area (Å²) in [6, 6.07) is 0. The van der Waals surface area contributed by atoms with Crippen molar-refractivity contribution in [2.75, 3.05) is 0 Å². The molecule has 0 N–H and O–H groups in total. The Morgan fingerprint density at radius 1 is 1.22 bits per heavy atom. The molecule has 0 unspecified atom stereocenters. The van der Waals surface area contributed by atoms with E-state index in [1.165, 1.54) is 0 Å². The van der Waals surface area contributed by atoms with Crippen LogP contribution in [0.3, 0.4) is 0 Å².